The van der Waals surface area contributed by atoms with Crippen LogP contribution in [0, 0.1) is 6.92 Å². The molecular weight excluding hydrogens is 440 g/mol. The molecule has 0 aliphatic heterocycles. The van der Waals surface area contributed by atoms with Gasteiger partial charge in [0.2, 0.25) is 5.89 Å². The van der Waals surface area contributed by atoms with Crippen LogP contribution in [0.25, 0.3) is 21.7 Å². The van der Waals surface area contributed by atoms with Crippen molar-refractivity contribution in [3.63, 3.8) is 0 Å². The lowest BCUT2D eigenvalue weighted by Gasteiger charge is -2.15. The third kappa shape index (κ3) is 5.12. The monoisotopic (exact) mass is 466 g/mol. The molecule has 4 N–H and O–H groups in total. The molecule has 0 saturated heterocycles. The van der Waals surface area contributed by atoms with Crippen LogP contribution in [0.1, 0.15) is 37.0 Å². The first-order valence-corrected chi connectivity index (χ1v) is 11.5. The molecule has 0 aliphatic rings. The van der Waals surface area contributed by atoms with Gasteiger partial charge in [0.15, 0.2) is 5.69 Å². The van der Waals surface area contributed by atoms with Crippen molar-refractivity contribution in [1.29, 1.82) is 0 Å². The Bertz CT molecular complexity index is 1280. The Hall–Kier alpha value is -3.50. The number of nitrogens with zero attached hydrogens (tertiary/aromatic N) is 3. The Morgan fingerprint density at radius 2 is 2.03 bits per heavy atom. The molecule has 0 radical (unpaired) electrons. The van der Waals surface area contributed by atoms with E-state index in [0.717, 1.165) is 21.6 Å². The van der Waals surface area contributed by atoms with Crippen LogP contribution in [0.5, 0.6) is 0 Å². The van der Waals surface area contributed by atoms with E-state index < -0.39 is 5.91 Å². The van der Waals surface area contributed by atoms with E-state index in [2.05, 4.69) is 30.9 Å². The van der Waals surface area contributed by atoms with Crippen LogP contribution >= 0.6 is 11.3 Å². The lowest BCUT2D eigenvalue weighted by molar-refractivity contribution is 0.0916. The van der Waals surface area contributed by atoms with Gasteiger partial charge in [0, 0.05) is 30.0 Å². The van der Waals surface area contributed by atoms with E-state index in [0.29, 0.717) is 23.0 Å². The molecule has 10 heteroatoms. The Morgan fingerprint density at radius 1 is 1.21 bits per heavy atom. The van der Waals surface area contributed by atoms with Gasteiger partial charge in [0.1, 0.15) is 11.6 Å². The van der Waals surface area contributed by atoms with Gasteiger partial charge in [-0.3, -0.25) is 4.79 Å². The summed E-state index contributed by atoms with van der Waals surface area (Å²) in [5.74, 6) is 0.946. The Labute approximate surface area is 195 Å². The molecule has 1 aromatic carbocycles. The van der Waals surface area contributed by atoms with Crippen molar-refractivity contribution in [2.45, 2.75) is 39.8 Å². The smallest absolute Gasteiger partial charge is 0.273 e. The number of benzene rings is 1. The first kappa shape index (κ1) is 22.7. The van der Waals surface area contributed by atoms with Crippen LogP contribution < -0.4 is 16.0 Å². The lowest BCUT2D eigenvalue weighted by atomic mass is 10.2. The number of hydrogen-bond acceptors (Lipinski definition) is 9. The van der Waals surface area contributed by atoms with Gasteiger partial charge in [-0.15, -0.1) is 11.3 Å². The number of carbonyl (C=O) groups is 1. The van der Waals surface area contributed by atoms with E-state index in [9.17, 15) is 9.90 Å². The highest BCUT2D eigenvalue weighted by molar-refractivity contribution is 7.16. The fraction of sp³-hybridized carbons (Fsp3) is 0.304. The average Bonchev–Trinajstić information content (AvgIpc) is 3.39. The van der Waals surface area contributed by atoms with Gasteiger partial charge in [0.25, 0.3) is 5.91 Å². The first-order valence-electron chi connectivity index (χ1n) is 10.6. The number of anilines is 3. The maximum absolute atomic E-state index is 12.5. The summed E-state index contributed by atoms with van der Waals surface area (Å²) < 4.78 is 6.91. The fourth-order valence-electron chi connectivity index (χ4n) is 3.27. The SMILES string of the molecule is Cc1oc(-c2cnc(Nc3ccc4ncsc4c3)cc2NC(C)C)nc1C(=O)NC(C)CO. The van der Waals surface area contributed by atoms with Crippen LogP contribution in [0.4, 0.5) is 17.2 Å². The van der Waals surface area contributed by atoms with Crippen molar-refractivity contribution in [2.24, 2.45) is 0 Å². The molecule has 172 valence electrons. The normalized spacial score (nSPS) is 12.2. The summed E-state index contributed by atoms with van der Waals surface area (Å²) >= 11 is 1.58. The molecule has 3 aromatic heterocycles. The predicted molar refractivity (Wildman–Crippen MR) is 130 cm³/mol. The molecule has 0 bridgehead atoms. The maximum Gasteiger partial charge on any atom is 0.273 e. The van der Waals surface area contributed by atoms with Crippen LogP contribution in [0.15, 0.2) is 40.4 Å². The second kappa shape index (κ2) is 9.55. The molecule has 4 aromatic rings. The number of rotatable bonds is 8. The molecule has 0 spiro atoms. The van der Waals surface area contributed by atoms with Gasteiger partial charge in [-0.25, -0.2) is 15.0 Å². The number of fused-ring (bicyclic) bond motifs is 1. The largest absolute Gasteiger partial charge is 0.440 e. The number of pyridine rings is 1. The van der Waals surface area contributed by atoms with E-state index in [4.69, 9.17) is 4.42 Å². The number of hydrogen-bond donors (Lipinski definition) is 4. The summed E-state index contributed by atoms with van der Waals surface area (Å²) in [6, 6.07) is 7.62. The molecule has 0 fully saturated rings. The van der Waals surface area contributed by atoms with Gasteiger partial charge >= 0.3 is 0 Å². The minimum atomic E-state index is -0.396. The number of nitrogens with one attached hydrogen (secondary N) is 3. The van der Waals surface area contributed by atoms with Crippen LogP contribution in [0.3, 0.4) is 0 Å². The number of oxazole rings is 1. The van der Waals surface area contributed by atoms with E-state index in [1.165, 1.54) is 0 Å². The van der Waals surface area contributed by atoms with Crippen molar-refractivity contribution in [3.05, 3.63) is 47.4 Å². The molecule has 33 heavy (non-hydrogen) atoms. The third-order valence-electron chi connectivity index (χ3n) is 4.85. The van der Waals surface area contributed by atoms with Crippen LogP contribution in [-0.2, 0) is 0 Å². The van der Waals surface area contributed by atoms with Crippen LogP contribution in [0.2, 0.25) is 0 Å². The van der Waals surface area contributed by atoms with Gasteiger partial charge in [-0.2, -0.15) is 0 Å². The zero-order valence-electron chi connectivity index (χ0n) is 18.8. The number of amides is 1. The standard InChI is InChI=1S/C23H26N6O3S/c1-12(2)26-18-8-20(28-15-5-6-17-19(7-15)33-11-25-17)24-9-16(18)23-29-21(14(4)32-23)22(31)27-13(3)10-30/h5-9,11-13,30H,10H2,1-4H3,(H,27,31)(H2,24,26,28). The fourth-order valence-corrected chi connectivity index (χ4v) is 3.98. The van der Waals surface area contributed by atoms with Crippen molar-refractivity contribution in [2.75, 3.05) is 17.2 Å². The molecule has 1 unspecified atom stereocenters. The molecule has 1 atom stereocenters. The Kier molecular flexibility index (Phi) is 6.57. The van der Waals surface area contributed by atoms with E-state index in [-0.39, 0.29) is 24.4 Å². The van der Waals surface area contributed by atoms with Crippen molar-refractivity contribution >= 4 is 44.7 Å². The van der Waals surface area contributed by atoms with E-state index in [1.54, 1.807) is 31.4 Å². The number of thiazole rings is 1. The Morgan fingerprint density at radius 3 is 2.79 bits per heavy atom. The first-order chi connectivity index (χ1) is 15.8. The minimum absolute atomic E-state index is 0.150. The van der Waals surface area contributed by atoms with Crippen molar-refractivity contribution < 1.29 is 14.3 Å². The topological polar surface area (TPSA) is 125 Å². The number of carbonyl (C=O) groups excluding carboxylic acids is 1. The highest BCUT2D eigenvalue weighted by Gasteiger charge is 2.21. The van der Waals surface area contributed by atoms with E-state index >= 15 is 0 Å². The van der Waals surface area contributed by atoms with Gasteiger partial charge in [0.05, 0.1) is 33.6 Å². The average molecular weight is 467 g/mol. The van der Waals surface area contributed by atoms with Crippen molar-refractivity contribution in [3.8, 4) is 11.5 Å². The lowest BCUT2D eigenvalue weighted by Crippen LogP contribution is -2.35. The van der Waals surface area contributed by atoms with Gasteiger partial charge in [-0.05, 0) is 45.9 Å². The molecule has 0 saturated carbocycles. The molecule has 0 aliphatic carbocycles. The van der Waals surface area contributed by atoms with Gasteiger partial charge in [-0.1, -0.05) is 0 Å². The second-order valence-electron chi connectivity index (χ2n) is 8.05. The molecule has 4 rings (SSSR count). The summed E-state index contributed by atoms with van der Waals surface area (Å²) in [6.07, 6.45) is 1.67. The molecule has 1 amide bonds. The quantitative estimate of drug-likeness (QED) is 0.302. The summed E-state index contributed by atoms with van der Waals surface area (Å²) in [7, 11) is 0. The molecular formula is C23H26N6O3S. The zero-order chi connectivity index (χ0) is 23.5. The molecule has 9 nitrogen and oxygen atoms in total. The van der Waals surface area contributed by atoms with E-state index in [1.807, 2.05) is 43.6 Å². The van der Waals surface area contributed by atoms with Gasteiger partial charge < -0.3 is 25.5 Å². The number of aliphatic hydroxyl groups is 1. The minimum Gasteiger partial charge on any atom is -0.440 e. The molecule has 3 heterocycles. The number of aromatic nitrogens is 3. The summed E-state index contributed by atoms with van der Waals surface area (Å²) in [4.78, 5) is 25.7. The summed E-state index contributed by atoms with van der Waals surface area (Å²) in [6.45, 7) is 7.30. The highest BCUT2D eigenvalue weighted by atomic mass is 32.1. The Balaban J connectivity index is 1.64. The second-order valence-corrected chi connectivity index (χ2v) is 8.94. The number of aliphatic hydroxyl groups excluding tert-OH is 1. The highest BCUT2D eigenvalue weighted by Crippen LogP contribution is 2.32. The van der Waals surface area contributed by atoms with Crippen molar-refractivity contribution in [1.82, 2.24) is 20.3 Å². The summed E-state index contributed by atoms with van der Waals surface area (Å²) in [5.41, 5.74) is 5.29. The zero-order valence-corrected chi connectivity index (χ0v) is 19.7. The van der Waals surface area contributed by atoms with Crippen LogP contribution in [-0.4, -0.2) is 44.7 Å². The maximum atomic E-state index is 12.5. The third-order valence-corrected chi connectivity index (χ3v) is 5.64. The predicted octanol–water partition coefficient (Wildman–Crippen LogP) is 4.33. The summed E-state index contributed by atoms with van der Waals surface area (Å²) in [5, 5.41) is 18.6. The number of aryl methyl sites for hydroxylation is 1.